The topological polar surface area (TPSA) is 47.6 Å². The molecule has 4 nitrogen and oxygen atoms in total. The van der Waals surface area contributed by atoms with Gasteiger partial charge in [0.2, 0.25) is 0 Å². The third kappa shape index (κ3) is 4.21. The Labute approximate surface area is 128 Å². The molecule has 1 heterocycles. The number of amides is 1. The maximum Gasteiger partial charge on any atom is 0.252 e. The minimum atomic E-state index is -0.0911. The first kappa shape index (κ1) is 15.3. The van der Waals surface area contributed by atoms with E-state index in [0.29, 0.717) is 17.9 Å². The molecule has 1 aromatic carbocycles. The number of rotatable bonds is 5. The van der Waals surface area contributed by atoms with Gasteiger partial charge >= 0.3 is 0 Å². The van der Waals surface area contributed by atoms with Crippen molar-refractivity contribution in [3.8, 4) is 5.75 Å². The van der Waals surface area contributed by atoms with Crippen molar-refractivity contribution in [3.05, 3.63) is 28.2 Å². The predicted octanol–water partition coefficient (Wildman–Crippen LogP) is 3.15. The fraction of sp³-hybridized carbons (Fsp3) is 0.533. The summed E-state index contributed by atoms with van der Waals surface area (Å²) in [7, 11) is 1.59. The Kier molecular flexibility index (Phi) is 5.86. The molecule has 20 heavy (non-hydrogen) atoms. The zero-order valence-electron chi connectivity index (χ0n) is 11.7. The number of benzene rings is 1. The molecule has 0 spiro atoms. The van der Waals surface area contributed by atoms with Crippen molar-refractivity contribution in [3.63, 3.8) is 0 Å². The number of carbonyl (C=O) groups is 1. The van der Waals surface area contributed by atoms with Crippen LogP contribution >= 0.6 is 15.9 Å². The second kappa shape index (κ2) is 7.64. The smallest absolute Gasteiger partial charge is 0.252 e. The van der Waals surface area contributed by atoms with Crippen LogP contribution in [-0.4, -0.2) is 32.3 Å². The summed E-state index contributed by atoms with van der Waals surface area (Å²) >= 11 is 3.39. The average Bonchev–Trinajstić information content (AvgIpc) is 2.48. The van der Waals surface area contributed by atoms with E-state index < -0.39 is 0 Å². The molecular weight excluding hydrogens is 322 g/mol. The van der Waals surface area contributed by atoms with Gasteiger partial charge < -0.3 is 14.8 Å². The van der Waals surface area contributed by atoms with Crippen molar-refractivity contribution in [2.45, 2.75) is 31.8 Å². The number of halogens is 1. The standard InChI is InChI=1S/C15H20BrNO3/c1-19-12-5-6-14(16)13(10-12)15(18)17-8-7-11-4-2-3-9-20-11/h5-6,10-11H,2-4,7-9H2,1H3,(H,17,18). The highest BCUT2D eigenvalue weighted by atomic mass is 79.9. The summed E-state index contributed by atoms with van der Waals surface area (Å²) in [4.78, 5) is 12.1. The van der Waals surface area contributed by atoms with E-state index in [1.165, 1.54) is 6.42 Å². The van der Waals surface area contributed by atoms with Gasteiger partial charge in [0.25, 0.3) is 5.91 Å². The van der Waals surface area contributed by atoms with E-state index in [4.69, 9.17) is 9.47 Å². The van der Waals surface area contributed by atoms with E-state index in [0.717, 1.165) is 30.3 Å². The summed E-state index contributed by atoms with van der Waals surface area (Å²) < 4.78 is 11.6. The number of hydrogen-bond acceptors (Lipinski definition) is 3. The quantitative estimate of drug-likeness (QED) is 0.894. The van der Waals surface area contributed by atoms with Crippen LogP contribution in [0.5, 0.6) is 5.75 Å². The molecule has 110 valence electrons. The van der Waals surface area contributed by atoms with E-state index in [1.54, 1.807) is 13.2 Å². The van der Waals surface area contributed by atoms with Crippen molar-refractivity contribution in [1.82, 2.24) is 5.32 Å². The molecule has 1 amide bonds. The van der Waals surface area contributed by atoms with Gasteiger partial charge in [0.15, 0.2) is 0 Å². The van der Waals surface area contributed by atoms with Crippen LogP contribution in [-0.2, 0) is 4.74 Å². The minimum Gasteiger partial charge on any atom is -0.497 e. The van der Waals surface area contributed by atoms with Crippen LogP contribution in [0.4, 0.5) is 0 Å². The Morgan fingerprint density at radius 3 is 3.05 bits per heavy atom. The van der Waals surface area contributed by atoms with Crippen molar-refractivity contribution in [1.29, 1.82) is 0 Å². The van der Waals surface area contributed by atoms with Crippen LogP contribution in [0.1, 0.15) is 36.0 Å². The van der Waals surface area contributed by atoms with Gasteiger partial charge in [-0.25, -0.2) is 0 Å². The molecule has 0 aliphatic carbocycles. The highest BCUT2D eigenvalue weighted by Gasteiger charge is 2.15. The SMILES string of the molecule is COc1ccc(Br)c(C(=O)NCCC2CCCCO2)c1. The lowest BCUT2D eigenvalue weighted by molar-refractivity contribution is 0.0117. The third-order valence-corrected chi connectivity index (χ3v) is 4.14. The summed E-state index contributed by atoms with van der Waals surface area (Å²) in [6.45, 7) is 1.48. The maximum absolute atomic E-state index is 12.1. The van der Waals surface area contributed by atoms with Crippen LogP contribution in [0.2, 0.25) is 0 Å². The fourth-order valence-electron chi connectivity index (χ4n) is 2.28. The Balaban J connectivity index is 1.84. The minimum absolute atomic E-state index is 0.0911. The normalized spacial score (nSPS) is 18.6. The molecule has 1 N–H and O–H groups in total. The van der Waals surface area contributed by atoms with Gasteiger partial charge in [0, 0.05) is 17.6 Å². The molecule has 0 saturated carbocycles. The first-order valence-electron chi connectivity index (χ1n) is 6.94. The molecule has 1 aliphatic heterocycles. The van der Waals surface area contributed by atoms with E-state index in [-0.39, 0.29) is 12.0 Å². The second-order valence-electron chi connectivity index (χ2n) is 4.88. The number of nitrogens with one attached hydrogen (secondary N) is 1. The highest BCUT2D eigenvalue weighted by molar-refractivity contribution is 9.10. The summed E-state index contributed by atoms with van der Waals surface area (Å²) in [5.41, 5.74) is 0.592. The van der Waals surface area contributed by atoms with Crippen molar-refractivity contribution in [2.24, 2.45) is 0 Å². The largest absolute Gasteiger partial charge is 0.497 e. The van der Waals surface area contributed by atoms with Crippen molar-refractivity contribution in [2.75, 3.05) is 20.3 Å². The molecule has 5 heteroatoms. The molecule has 1 atom stereocenters. The lowest BCUT2D eigenvalue weighted by atomic mass is 10.1. The zero-order valence-corrected chi connectivity index (χ0v) is 13.2. The molecule has 1 aliphatic rings. The summed E-state index contributed by atoms with van der Waals surface area (Å²) in [6, 6.07) is 5.37. The number of methoxy groups -OCH3 is 1. The molecule has 0 aromatic heterocycles. The third-order valence-electron chi connectivity index (χ3n) is 3.44. The molecule has 1 fully saturated rings. The van der Waals surface area contributed by atoms with Crippen molar-refractivity contribution >= 4 is 21.8 Å². The fourth-order valence-corrected chi connectivity index (χ4v) is 2.71. The lowest BCUT2D eigenvalue weighted by Crippen LogP contribution is -2.29. The molecule has 1 unspecified atom stereocenters. The predicted molar refractivity (Wildman–Crippen MR) is 81.2 cm³/mol. The Bertz CT molecular complexity index is 458. The van der Waals surface area contributed by atoms with E-state index >= 15 is 0 Å². The summed E-state index contributed by atoms with van der Waals surface area (Å²) in [5, 5.41) is 2.93. The maximum atomic E-state index is 12.1. The van der Waals surface area contributed by atoms with Crippen LogP contribution in [0.25, 0.3) is 0 Å². The summed E-state index contributed by atoms with van der Waals surface area (Å²) in [6.07, 6.45) is 4.63. The number of hydrogen-bond donors (Lipinski definition) is 1. The van der Waals surface area contributed by atoms with Gasteiger partial charge in [-0.3, -0.25) is 4.79 Å². The van der Waals surface area contributed by atoms with Crippen molar-refractivity contribution < 1.29 is 14.3 Å². The molecule has 0 radical (unpaired) electrons. The van der Waals surface area contributed by atoms with Gasteiger partial charge in [-0.15, -0.1) is 0 Å². The van der Waals surface area contributed by atoms with E-state index in [1.807, 2.05) is 12.1 Å². The van der Waals surface area contributed by atoms with Gasteiger partial charge in [0.05, 0.1) is 18.8 Å². The van der Waals surface area contributed by atoms with Crippen LogP contribution in [0.15, 0.2) is 22.7 Å². The molecular formula is C15H20BrNO3. The average molecular weight is 342 g/mol. The van der Waals surface area contributed by atoms with Gasteiger partial charge in [-0.05, 0) is 59.8 Å². The molecule has 0 bridgehead atoms. The number of carbonyl (C=O) groups excluding carboxylic acids is 1. The first-order valence-corrected chi connectivity index (χ1v) is 7.73. The molecule has 2 rings (SSSR count). The van der Waals surface area contributed by atoms with E-state index in [2.05, 4.69) is 21.2 Å². The zero-order chi connectivity index (χ0) is 14.4. The van der Waals surface area contributed by atoms with Crippen LogP contribution in [0, 0.1) is 0 Å². The number of ether oxygens (including phenoxy) is 2. The van der Waals surface area contributed by atoms with Gasteiger partial charge in [0.1, 0.15) is 5.75 Å². The highest BCUT2D eigenvalue weighted by Crippen LogP contribution is 2.22. The Morgan fingerprint density at radius 1 is 1.50 bits per heavy atom. The monoisotopic (exact) mass is 341 g/mol. The van der Waals surface area contributed by atoms with Crippen LogP contribution < -0.4 is 10.1 Å². The Hall–Kier alpha value is -1.07. The summed E-state index contributed by atoms with van der Waals surface area (Å²) in [5.74, 6) is 0.584. The van der Waals surface area contributed by atoms with Crippen LogP contribution in [0.3, 0.4) is 0 Å². The van der Waals surface area contributed by atoms with Gasteiger partial charge in [-0.1, -0.05) is 0 Å². The Morgan fingerprint density at radius 2 is 2.35 bits per heavy atom. The molecule has 1 saturated heterocycles. The molecule has 1 aromatic rings. The first-order chi connectivity index (χ1) is 9.70. The van der Waals surface area contributed by atoms with E-state index in [9.17, 15) is 4.79 Å². The lowest BCUT2D eigenvalue weighted by Gasteiger charge is -2.22. The second-order valence-corrected chi connectivity index (χ2v) is 5.73. The van der Waals surface area contributed by atoms with Gasteiger partial charge in [-0.2, -0.15) is 0 Å².